The first-order valence-electron chi connectivity index (χ1n) is 7.04. The van der Waals surface area contributed by atoms with Crippen molar-refractivity contribution in [3.8, 4) is 0 Å². The summed E-state index contributed by atoms with van der Waals surface area (Å²) in [6.45, 7) is 2.23. The lowest BCUT2D eigenvalue weighted by atomic mass is 9.72. The second-order valence-electron chi connectivity index (χ2n) is 6.22. The Hall–Kier alpha value is -0.180. The van der Waals surface area contributed by atoms with Crippen molar-refractivity contribution < 1.29 is 13.9 Å². The molecule has 0 radical (unpaired) electrons. The van der Waals surface area contributed by atoms with E-state index in [1.165, 1.54) is 12.8 Å². The molecule has 2 saturated carbocycles. The second kappa shape index (κ2) is 5.21. The van der Waals surface area contributed by atoms with Gasteiger partial charge < -0.3 is 5.11 Å². The molecule has 3 atom stereocenters. The minimum absolute atomic E-state index is 0.0308. The lowest BCUT2D eigenvalue weighted by Gasteiger charge is -2.37. The van der Waals surface area contributed by atoms with Crippen molar-refractivity contribution >= 4 is 0 Å². The van der Waals surface area contributed by atoms with Crippen LogP contribution in [0, 0.1) is 17.8 Å². The normalized spacial score (nSPS) is 36.7. The fraction of sp³-hybridized carbons (Fsp3) is 1.00. The van der Waals surface area contributed by atoms with E-state index in [9.17, 15) is 13.9 Å². The van der Waals surface area contributed by atoms with Gasteiger partial charge in [0.2, 0.25) is 5.92 Å². The first-order chi connectivity index (χ1) is 7.98. The number of aliphatic hydroxyl groups excluding tert-OH is 1. The summed E-state index contributed by atoms with van der Waals surface area (Å²) >= 11 is 0. The van der Waals surface area contributed by atoms with Crippen molar-refractivity contribution in [2.45, 2.75) is 70.3 Å². The molecular weight excluding hydrogens is 222 g/mol. The van der Waals surface area contributed by atoms with E-state index in [-0.39, 0.29) is 24.9 Å². The molecule has 1 nitrogen and oxygen atoms in total. The summed E-state index contributed by atoms with van der Waals surface area (Å²) in [4.78, 5) is 0. The lowest BCUT2D eigenvalue weighted by molar-refractivity contribution is -0.0742. The van der Waals surface area contributed by atoms with Crippen LogP contribution in [-0.4, -0.2) is 17.1 Å². The van der Waals surface area contributed by atoms with E-state index in [2.05, 4.69) is 6.92 Å². The molecule has 0 aliphatic heterocycles. The average molecular weight is 246 g/mol. The monoisotopic (exact) mass is 246 g/mol. The third kappa shape index (κ3) is 3.40. The maximum Gasteiger partial charge on any atom is 0.248 e. The van der Waals surface area contributed by atoms with E-state index < -0.39 is 5.92 Å². The summed E-state index contributed by atoms with van der Waals surface area (Å²) in [5.74, 6) is -1.32. The second-order valence-corrected chi connectivity index (χ2v) is 6.22. The van der Waals surface area contributed by atoms with Gasteiger partial charge in [0.1, 0.15) is 0 Å². The van der Waals surface area contributed by atoms with E-state index in [1.54, 1.807) is 0 Å². The molecule has 0 aromatic carbocycles. The van der Waals surface area contributed by atoms with Gasteiger partial charge in [0.15, 0.2) is 0 Å². The minimum atomic E-state index is -2.48. The quantitative estimate of drug-likeness (QED) is 0.780. The summed E-state index contributed by atoms with van der Waals surface area (Å²) in [6.07, 6.45) is 5.20. The molecule has 3 unspecified atom stereocenters. The predicted octanol–water partition coefficient (Wildman–Crippen LogP) is 4.00. The molecule has 2 rings (SSSR count). The molecule has 2 aliphatic carbocycles. The number of rotatable bonds is 2. The maximum absolute atomic E-state index is 13.1. The summed E-state index contributed by atoms with van der Waals surface area (Å²) in [5.41, 5.74) is 0. The van der Waals surface area contributed by atoms with Crippen LogP contribution in [0.25, 0.3) is 0 Å². The number of aliphatic hydroxyl groups is 1. The Morgan fingerprint density at radius 2 is 1.71 bits per heavy atom. The van der Waals surface area contributed by atoms with E-state index in [0.29, 0.717) is 24.7 Å². The van der Waals surface area contributed by atoms with Crippen LogP contribution in [0.15, 0.2) is 0 Å². The van der Waals surface area contributed by atoms with E-state index in [1.807, 2.05) is 0 Å². The topological polar surface area (TPSA) is 20.2 Å². The van der Waals surface area contributed by atoms with Gasteiger partial charge in [0, 0.05) is 12.8 Å². The molecule has 17 heavy (non-hydrogen) atoms. The van der Waals surface area contributed by atoms with Gasteiger partial charge in [-0.3, -0.25) is 0 Å². The Morgan fingerprint density at radius 3 is 2.29 bits per heavy atom. The Labute approximate surface area is 103 Å². The molecule has 0 aromatic heterocycles. The molecule has 2 aliphatic rings. The van der Waals surface area contributed by atoms with Crippen LogP contribution in [0.1, 0.15) is 58.3 Å². The molecular formula is C14H24F2O. The van der Waals surface area contributed by atoms with Crippen LogP contribution < -0.4 is 0 Å². The molecule has 0 aromatic rings. The first-order valence-corrected chi connectivity index (χ1v) is 7.04. The van der Waals surface area contributed by atoms with Gasteiger partial charge in [-0.25, -0.2) is 8.78 Å². The molecule has 0 heterocycles. The molecule has 100 valence electrons. The Bertz CT molecular complexity index is 245. The van der Waals surface area contributed by atoms with Gasteiger partial charge in [-0.15, -0.1) is 0 Å². The third-order valence-corrected chi connectivity index (χ3v) is 4.70. The SMILES string of the molecule is CC1CCCC(C(O)C2CCC(F)(F)CC2)C1. The third-order valence-electron chi connectivity index (χ3n) is 4.70. The van der Waals surface area contributed by atoms with Gasteiger partial charge in [-0.05, 0) is 43.4 Å². The fourth-order valence-corrected chi connectivity index (χ4v) is 3.58. The van der Waals surface area contributed by atoms with Gasteiger partial charge in [-0.2, -0.15) is 0 Å². The number of hydrogen-bond acceptors (Lipinski definition) is 1. The molecule has 3 heteroatoms. The largest absolute Gasteiger partial charge is 0.393 e. The van der Waals surface area contributed by atoms with Gasteiger partial charge in [-0.1, -0.05) is 19.8 Å². The van der Waals surface area contributed by atoms with Crippen molar-refractivity contribution in [2.75, 3.05) is 0 Å². The predicted molar refractivity (Wildman–Crippen MR) is 64.0 cm³/mol. The summed E-state index contributed by atoms with van der Waals surface area (Å²) in [7, 11) is 0. The Morgan fingerprint density at radius 1 is 1.06 bits per heavy atom. The van der Waals surface area contributed by atoms with E-state index >= 15 is 0 Å². The lowest BCUT2D eigenvalue weighted by Crippen LogP contribution is -2.37. The van der Waals surface area contributed by atoms with Gasteiger partial charge in [0.25, 0.3) is 0 Å². The minimum Gasteiger partial charge on any atom is -0.393 e. The zero-order valence-corrected chi connectivity index (χ0v) is 10.7. The van der Waals surface area contributed by atoms with Crippen LogP contribution in [-0.2, 0) is 0 Å². The van der Waals surface area contributed by atoms with E-state index in [0.717, 1.165) is 12.8 Å². The summed E-state index contributed by atoms with van der Waals surface area (Å²) in [6, 6.07) is 0. The maximum atomic E-state index is 13.1. The van der Waals surface area contributed by atoms with Crippen molar-refractivity contribution in [3.63, 3.8) is 0 Å². The highest BCUT2D eigenvalue weighted by Gasteiger charge is 2.39. The van der Waals surface area contributed by atoms with E-state index in [4.69, 9.17) is 0 Å². The molecule has 0 spiro atoms. The standard InChI is InChI=1S/C14H24F2O/c1-10-3-2-4-12(9-10)13(17)11-5-7-14(15,16)8-6-11/h10-13,17H,2-9H2,1H3. The smallest absolute Gasteiger partial charge is 0.248 e. The fourth-order valence-electron chi connectivity index (χ4n) is 3.58. The highest BCUT2D eigenvalue weighted by atomic mass is 19.3. The average Bonchev–Trinajstić information content (AvgIpc) is 2.28. The van der Waals surface area contributed by atoms with Crippen LogP contribution in [0.4, 0.5) is 8.78 Å². The van der Waals surface area contributed by atoms with Crippen molar-refractivity contribution in [1.29, 1.82) is 0 Å². The van der Waals surface area contributed by atoms with Crippen LogP contribution in [0.2, 0.25) is 0 Å². The molecule has 0 saturated heterocycles. The van der Waals surface area contributed by atoms with Crippen LogP contribution in [0.3, 0.4) is 0 Å². The highest BCUT2D eigenvalue weighted by molar-refractivity contribution is 4.86. The van der Waals surface area contributed by atoms with Gasteiger partial charge >= 0.3 is 0 Å². The zero-order chi connectivity index (χ0) is 12.5. The van der Waals surface area contributed by atoms with Crippen molar-refractivity contribution in [2.24, 2.45) is 17.8 Å². The van der Waals surface area contributed by atoms with Crippen molar-refractivity contribution in [1.82, 2.24) is 0 Å². The molecule has 2 fully saturated rings. The molecule has 0 amide bonds. The first kappa shape index (κ1) is 13.3. The highest BCUT2D eigenvalue weighted by Crippen LogP contribution is 2.41. The zero-order valence-electron chi connectivity index (χ0n) is 10.7. The molecule has 1 N–H and O–H groups in total. The number of halogens is 2. The number of hydrogen-bond donors (Lipinski definition) is 1. The van der Waals surface area contributed by atoms with Crippen LogP contribution >= 0.6 is 0 Å². The molecule has 0 bridgehead atoms. The van der Waals surface area contributed by atoms with Crippen LogP contribution in [0.5, 0.6) is 0 Å². The summed E-state index contributed by atoms with van der Waals surface area (Å²) < 4.78 is 26.1. The Balaban J connectivity index is 1.85. The van der Waals surface area contributed by atoms with Gasteiger partial charge in [0.05, 0.1) is 6.10 Å². The number of alkyl halides is 2. The Kier molecular flexibility index (Phi) is 4.06. The van der Waals surface area contributed by atoms with Crippen molar-refractivity contribution in [3.05, 3.63) is 0 Å². The summed E-state index contributed by atoms with van der Waals surface area (Å²) in [5, 5.41) is 10.3.